The van der Waals surface area contributed by atoms with Crippen molar-refractivity contribution in [2.24, 2.45) is 5.92 Å². The van der Waals surface area contributed by atoms with Gasteiger partial charge in [-0.15, -0.1) is 0 Å². The zero-order valence-corrected chi connectivity index (χ0v) is 10.7. The summed E-state index contributed by atoms with van der Waals surface area (Å²) in [6.07, 6.45) is 3.13. The first-order valence-corrected chi connectivity index (χ1v) is 5.82. The van der Waals surface area contributed by atoms with Crippen LogP contribution in [0, 0.1) is 5.92 Å². The second kappa shape index (κ2) is 6.70. The maximum atomic E-state index is 11.3. The minimum atomic E-state index is -0.404. The predicted molar refractivity (Wildman–Crippen MR) is 62.9 cm³/mol. The molecule has 90 valence electrons. The van der Waals surface area contributed by atoms with Gasteiger partial charge in [0.15, 0.2) is 0 Å². The quantitative estimate of drug-likeness (QED) is 0.764. The Morgan fingerprint density at radius 2 is 1.93 bits per heavy atom. The lowest BCUT2D eigenvalue weighted by atomic mass is 10.0. The van der Waals surface area contributed by atoms with Crippen LogP contribution >= 0.6 is 0 Å². The highest BCUT2D eigenvalue weighted by Crippen LogP contribution is 2.09. The molecule has 0 radical (unpaired) electrons. The molecule has 1 atom stereocenters. The first-order valence-electron chi connectivity index (χ1n) is 5.82. The Bertz CT molecular complexity index is 185. The molecule has 0 fully saturated rings. The van der Waals surface area contributed by atoms with Gasteiger partial charge in [-0.1, -0.05) is 26.7 Å². The van der Waals surface area contributed by atoms with Crippen molar-refractivity contribution < 1.29 is 9.53 Å². The smallest absolute Gasteiger partial charge is 0.407 e. The molecule has 15 heavy (non-hydrogen) atoms. The number of carbonyl (C=O) groups is 1. The summed E-state index contributed by atoms with van der Waals surface area (Å²) in [6, 6.07) is 0. The van der Waals surface area contributed by atoms with E-state index >= 15 is 0 Å². The number of hydrogen-bond acceptors (Lipinski definition) is 2. The van der Waals surface area contributed by atoms with Crippen LogP contribution in [-0.2, 0) is 4.74 Å². The van der Waals surface area contributed by atoms with Crippen LogP contribution in [0.25, 0.3) is 0 Å². The summed E-state index contributed by atoms with van der Waals surface area (Å²) in [5.41, 5.74) is -0.404. The lowest BCUT2D eigenvalue weighted by Crippen LogP contribution is -2.33. The summed E-state index contributed by atoms with van der Waals surface area (Å²) in [5, 5.41) is 2.77. The van der Waals surface area contributed by atoms with Gasteiger partial charge in [0.1, 0.15) is 5.60 Å². The Balaban J connectivity index is 3.55. The highest BCUT2D eigenvalue weighted by Gasteiger charge is 2.15. The van der Waals surface area contributed by atoms with Crippen LogP contribution in [0.3, 0.4) is 0 Å². The lowest BCUT2D eigenvalue weighted by molar-refractivity contribution is 0.0525. The monoisotopic (exact) mass is 215 g/mol. The van der Waals surface area contributed by atoms with Crippen molar-refractivity contribution in [1.29, 1.82) is 0 Å². The normalized spacial score (nSPS) is 13.4. The zero-order valence-electron chi connectivity index (χ0n) is 10.7. The fourth-order valence-electron chi connectivity index (χ4n) is 1.37. The van der Waals surface area contributed by atoms with Gasteiger partial charge in [0, 0.05) is 6.54 Å². The highest BCUT2D eigenvalue weighted by atomic mass is 16.6. The number of carbonyl (C=O) groups excluding carboxylic acids is 1. The van der Waals surface area contributed by atoms with E-state index in [0.29, 0.717) is 12.5 Å². The molecule has 0 aliphatic carbocycles. The topological polar surface area (TPSA) is 38.3 Å². The Kier molecular flexibility index (Phi) is 6.37. The predicted octanol–water partition coefficient (Wildman–Crippen LogP) is 3.34. The number of alkyl carbamates (subject to hydrolysis) is 1. The molecule has 0 heterocycles. The second-order valence-electron chi connectivity index (χ2n) is 5.11. The van der Waals surface area contributed by atoms with E-state index in [0.717, 1.165) is 6.42 Å². The standard InChI is InChI=1S/C12H25NO2/c1-6-7-10(2)8-9-13-11(14)15-12(3,4)5/h10H,6-9H2,1-5H3,(H,13,14). The van der Waals surface area contributed by atoms with Gasteiger partial charge in [0.2, 0.25) is 0 Å². The number of ether oxygens (including phenoxy) is 1. The first kappa shape index (κ1) is 14.3. The van der Waals surface area contributed by atoms with Crippen LogP contribution in [0.4, 0.5) is 4.79 Å². The minimum Gasteiger partial charge on any atom is -0.444 e. The molecule has 0 saturated carbocycles. The van der Waals surface area contributed by atoms with Crippen molar-refractivity contribution in [2.75, 3.05) is 6.54 Å². The van der Waals surface area contributed by atoms with Crippen LogP contribution in [-0.4, -0.2) is 18.2 Å². The van der Waals surface area contributed by atoms with E-state index in [1.807, 2.05) is 20.8 Å². The molecule has 0 saturated heterocycles. The first-order chi connectivity index (χ1) is 6.85. The van der Waals surface area contributed by atoms with E-state index in [-0.39, 0.29) is 6.09 Å². The number of hydrogen-bond donors (Lipinski definition) is 1. The Morgan fingerprint density at radius 1 is 1.33 bits per heavy atom. The van der Waals surface area contributed by atoms with Crippen molar-refractivity contribution >= 4 is 6.09 Å². The van der Waals surface area contributed by atoms with Gasteiger partial charge in [0.05, 0.1) is 0 Å². The number of nitrogens with one attached hydrogen (secondary N) is 1. The van der Waals surface area contributed by atoms with Crippen molar-refractivity contribution in [1.82, 2.24) is 5.32 Å². The Morgan fingerprint density at radius 3 is 2.40 bits per heavy atom. The van der Waals surface area contributed by atoms with Gasteiger partial charge in [-0.2, -0.15) is 0 Å². The molecule has 0 spiro atoms. The third kappa shape index (κ3) is 9.57. The van der Waals surface area contributed by atoms with Crippen LogP contribution in [0.5, 0.6) is 0 Å². The molecule has 1 unspecified atom stereocenters. The van der Waals surface area contributed by atoms with Crippen LogP contribution in [0.2, 0.25) is 0 Å². The molecule has 0 rings (SSSR count). The molecular weight excluding hydrogens is 190 g/mol. The SMILES string of the molecule is CCCC(C)CCNC(=O)OC(C)(C)C. The zero-order chi connectivity index (χ0) is 11.9. The maximum Gasteiger partial charge on any atom is 0.407 e. The molecule has 0 aliphatic heterocycles. The van der Waals surface area contributed by atoms with Crippen LogP contribution in [0.15, 0.2) is 0 Å². The van der Waals surface area contributed by atoms with E-state index in [1.165, 1.54) is 12.8 Å². The number of rotatable bonds is 5. The average Bonchev–Trinajstić information content (AvgIpc) is 2.00. The van der Waals surface area contributed by atoms with Crippen molar-refractivity contribution in [2.45, 2.75) is 59.5 Å². The van der Waals surface area contributed by atoms with Gasteiger partial charge >= 0.3 is 6.09 Å². The highest BCUT2D eigenvalue weighted by molar-refractivity contribution is 5.67. The van der Waals surface area contributed by atoms with E-state index in [4.69, 9.17) is 4.74 Å². The molecule has 0 aromatic heterocycles. The molecular formula is C12H25NO2. The van der Waals surface area contributed by atoms with Gasteiger partial charge < -0.3 is 10.1 Å². The van der Waals surface area contributed by atoms with E-state index in [1.54, 1.807) is 0 Å². The minimum absolute atomic E-state index is 0.314. The largest absolute Gasteiger partial charge is 0.444 e. The average molecular weight is 215 g/mol. The summed E-state index contributed by atoms with van der Waals surface area (Å²) >= 11 is 0. The van der Waals surface area contributed by atoms with Gasteiger partial charge in [0.25, 0.3) is 0 Å². The van der Waals surface area contributed by atoms with Crippen LogP contribution < -0.4 is 5.32 Å². The van der Waals surface area contributed by atoms with Gasteiger partial charge in [-0.05, 0) is 33.1 Å². The Labute approximate surface area is 93.6 Å². The van der Waals surface area contributed by atoms with Crippen molar-refractivity contribution in [3.05, 3.63) is 0 Å². The molecule has 1 amide bonds. The molecule has 0 aromatic carbocycles. The summed E-state index contributed by atoms with van der Waals surface area (Å²) in [4.78, 5) is 11.3. The maximum absolute atomic E-state index is 11.3. The van der Waals surface area contributed by atoms with E-state index in [9.17, 15) is 4.79 Å². The molecule has 3 heteroatoms. The van der Waals surface area contributed by atoms with Gasteiger partial charge in [-0.3, -0.25) is 0 Å². The summed E-state index contributed by atoms with van der Waals surface area (Å²) < 4.78 is 5.13. The molecule has 0 aliphatic rings. The fraction of sp³-hybridized carbons (Fsp3) is 0.917. The van der Waals surface area contributed by atoms with E-state index in [2.05, 4.69) is 19.2 Å². The van der Waals surface area contributed by atoms with Crippen LogP contribution in [0.1, 0.15) is 53.9 Å². The summed E-state index contributed by atoms with van der Waals surface area (Å²) in [5.74, 6) is 0.671. The van der Waals surface area contributed by atoms with Gasteiger partial charge in [-0.25, -0.2) is 4.79 Å². The third-order valence-corrected chi connectivity index (χ3v) is 2.09. The third-order valence-electron chi connectivity index (χ3n) is 2.09. The molecule has 1 N–H and O–H groups in total. The molecule has 3 nitrogen and oxygen atoms in total. The number of amides is 1. The molecule has 0 bridgehead atoms. The fourth-order valence-corrected chi connectivity index (χ4v) is 1.37. The summed E-state index contributed by atoms with van der Waals surface area (Å²) in [6.45, 7) is 10.7. The Hall–Kier alpha value is -0.730. The molecule has 0 aromatic rings. The van der Waals surface area contributed by atoms with Crippen molar-refractivity contribution in [3.63, 3.8) is 0 Å². The second-order valence-corrected chi connectivity index (χ2v) is 5.11. The van der Waals surface area contributed by atoms with E-state index < -0.39 is 5.60 Å². The lowest BCUT2D eigenvalue weighted by Gasteiger charge is -2.20. The summed E-state index contributed by atoms with van der Waals surface area (Å²) in [7, 11) is 0. The van der Waals surface area contributed by atoms with Crippen molar-refractivity contribution in [3.8, 4) is 0 Å².